The number of aromatic amines is 1. The Labute approximate surface area is 117 Å². The van der Waals surface area contributed by atoms with Gasteiger partial charge in [-0.3, -0.25) is 14.2 Å². The van der Waals surface area contributed by atoms with Gasteiger partial charge in [0, 0.05) is 5.56 Å². The van der Waals surface area contributed by atoms with Crippen molar-refractivity contribution in [2.75, 3.05) is 0 Å². The number of carboxylic acids is 1. The summed E-state index contributed by atoms with van der Waals surface area (Å²) in [6.45, 7) is 0.124. The lowest BCUT2D eigenvalue weighted by Crippen LogP contribution is -2.36. The summed E-state index contributed by atoms with van der Waals surface area (Å²) < 4.78 is 6.16. The van der Waals surface area contributed by atoms with Gasteiger partial charge >= 0.3 is 17.1 Å². The van der Waals surface area contributed by atoms with E-state index in [2.05, 4.69) is 4.98 Å². The molecule has 0 fully saturated rings. The molecule has 0 radical (unpaired) electrons. The van der Waals surface area contributed by atoms with Crippen molar-refractivity contribution in [3.05, 3.63) is 68.6 Å². The van der Waals surface area contributed by atoms with Gasteiger partial charge in [0.2, 0.25) is 0 Å². The summed E-state index contributed by atoms with van der Waals surface area (Å²) >= 11 is 0. The highest BCUT2D eigenvalue weighted by molar-refractivity contribution is 5.92. The molecule has 0 saturated heterocycles. The molecule has 0 spiro atoms. The van der Waals surface area contributed by atoms with E-state index in [1.807, 2.05) is 0 Å². The lowest BCUT2D eigenvalue weighted by atomic mass is 10.2. The Morgan fingerprint density at radius 1 is 1.29 bits per heavy atom. The van der Waals surface area contributed by atoms with Crippen LogP contribution in [0.25, 0.3) is 11.0 Å². The zero-order valence-electron chi connectivity index (χ0n) is 10.7. The summed E-state index contributed by atoms with van der Waals surface area (Å²) in [5.74, 6) is -1.11. The van der Waals surface area contributed by atoms with Crippen LogP contribution in [0.3, 0.4) is 0 Å². The first-order chi connectivity index (χ1) is 10.1. The van der Waals surface area contributed by atoms with Crippen LogP contribution in [0.15, 0.2) is 50.8 Å². The Morgan fingerprint density at radius 3 is 2.76 bits per heavy atom. The number of rotatable bonds is 3. The molecule has 3 aromatic rings. The number of aromatic carboxylic acids is 1. The first-order valence-electron chi connectivity index (χ1n) is 6.07. The number of H-pyrrole nitrogens is 1. The van der Waals surface area contributed by atoms with Crippen LogP contribution in [-0.2, 0) is 6.54 Å². The first-order valence-corrected chi connectivity index (χ1v) is 6.07. The van der Waals surface area contributed by atoms with E-state index in [-0.39, 0.29) is 12.1 Å². The average Bonchev–Trinajstić information content (AvgIpc) is 2.96. The van der Waals surface area contributed by atoms with Crippen molar-refractivity contribution in [2.24, 2.45) is 0 Å². The van der Waals surface area contributed by atoms with Crippen LogP contribution in [0.1, 0.15) is 15.9 Å². The van der Waals surface area contributed by atoms with Crippen molar-refractivity contribution in [1.29, 1.82) is 0 Å². The van der Waals surface area contributed by atoms with Crippen LogP contribution >= 0.6 is 0 Å². The molecule has 7 nitrogen and oxygen atoms in total. The average molecular weight is 286 g/mol. The summed E-state index contributed by atoms with van der Waals surface area (Å²) in [6.07, 6.45) is 2.92. The van der Waals surface area contributed by atoms with Crippen molar-refractivity contribution in [2.45, 2.75) is 6.54 Å². The molecule has 3 rings (SSSR count). The van der Waals surface area contributed by atoms with Crippen LogP contribution in [-0.4, -0.2) is 20.6 Å². The molecule has 2 N–H and O–H groups in total. The van der Waals surface area contributed by atoms with Gasteiger partial charge in [-0.1, -0.05) is 0 Å². The highest BCUT2D eigenvalue weighted by Gasteiger charge is 2.11. The van der Waals surface area contributed by atoms with E-state index in [1.54, 1.807) is 6.07 Å². The predicted octanol–water partition coefficient (Wildman–Crippen LogP) is 1.03. The Balaban J connectivity index is 2.30. The van der Waals surface area contributed by atoms with Gasteiger partial charge in [0.1, 0.15) is 0 Å². The Kier molecular flexibility index (Phi) is 2.94. The molecule has 0 aliphatic heterocycles. The summed E-state index contributed by atoms with van der Waals surface area (Å²) in [5.41, 5.74) is -0.0197. The molecular formula is C14H10N2O5. The number of hydrogen-bond acceptors (Lipinski definition) is 4. The predicted molar refractivity (Wildman–Crippen MR) is 73.6 cm³/mol. The molecule has 21 heavy (non-hydrogen) atoms. The monoisotopic (exact) mass is 286 g/mol. The maximum absolute atomic E-state index is 12.0. The van der Waals surface area contributed by atoms with Crippen molar-refractivity contribution >= 4 is 17.0 Å². The molecule has 2 aromatic heterocycles. The molecule has 106 valence electrons. The molecule has 0 unspecified atom stereocenters. The number of benzene rings is 1. The van der Waals surface area contributed by atoms with E-state index < -0.39 is 17.1 Å². The van der Waals surface area contributed by atoms with Gasteiger partial charge in [0.05, 0.1) is 35.7 Å². The topological polar surface area (TPSA) is 105 Å². The summed E-state index contributed by atoms with van der Waals surface area (Å²) in [5, 5.41) is 9.04. The van der Waals surface area contributed by atoms with Crippen LogP contribution in [0, 0.1) is 0 Å². The fraction of sp³-hybridized carbons (Fsp3) is 0.0714. The van der Waals surface area contributed by atoms with Gasteiger partial charge in [-0.15, -0.1) is 0 Å². The molecule has 2 heterocycles. The van der Waals surface area contributed by atoms with Crippen LogP contribution in [0.2, 0.25) is 0 Å². The van der Waals surface area contributed by atoms with Crippen molar-refractivity contribution in [3.8, 4) is 0 Å². The number of nitrogens with zero attached hydrogens (tertiary/aromatic N) is 1. The number of nitrogens with one attached hydrogen (secondary N) is 1. The van der Waals surface area contributed by atoms with E-state index in [4.69, 9.17) is 9.52 Å². The van der Waals surface area contributed by atoms with E-state index in [0.717, 1.165) is 0 Å². The molecular weight excluding hydrogens is 276 g/mol. The van der Waals surface area contributed by atoms with Crippen molar-refractivity contribution < 1.29 is 14.3 Å². The lowest BCUT2D eigenvalue weighted by Gasteiger charge is -2.09. The Bertz CT molecular complexity index is 934. The standard InChI is InChI=1S/C14H10N2O5/c17-12-13(18)16(6-8-3-4-21-7-8)11-5-9(14(19)20)1-2-10(11)15-12/h1-5,7H,6H2,(H,15,17)(H,19,20). The number of furan rings is 1. The second kappa shape index (κ2) is 4.78. The molecule has 0 amide bonds. The number of fused-ring (bicyclic) bond motifs is 1. The van der Waals surface area contributed by atoms with E-state index in [1.165, 1.54) is 35.3 Å². The van der Waals surface area contributed by atoms with Crippen LogP contribution in [0.4, 0.5) is 0 Å². The number of aromatic nitrogens is 2. The van der Waals surface area contributed by atoms with Gasteiger partial charge in [-0.05, 0) is 24.3 Å². The third-order valence-electron chi connectivity index (χ3n) is 3.14. The third kappa shape index (κ3) is 2.25. The minimum Gasteiger partial charge on any atom is -0.478 e. The minimum absolute atomic E-state index is 0.0369. The Morgan fingerprint density at radius 2 is 2.10 bits per heavy atom. The van der Waals surface area contributed by atoms with Crippen LogP contribution in [0.5, 0.6) is 0 Å². The molecule has 0 saturated carbocycles. The lowest BCUT2D eigenvalue weighted by molar-refractivity contribution is 0.0697. The molecule has 0 bridgehead atoms. The smallest absolute Gasteiger partial charge is 0.335 e. The van der Waals surface area contributed by atoms with Gasteiger partial charge in [0.15, 0.2) is 0 Å². The quantitative estimate of drug-likeness (QED) is 0.699. The fourth-order valence-electron chi connectivity index (χ4n) is 2.12. The van der Waals surface area contributed by atoms with Gasteiger partial charge in [0.25, 0.3) is 0 Å². The summed E-state index contributed by atoms with van der Waals surface area (Å²) in [4.78, 5) is 37.2. The van der Waals surface area contributed by atoms with E-state index >= 15 is 0 Å². The maximum atomic E-state index is 12.0. The second-order valence-corrected chi connectivity index (χ2v) is 4.51. The first kappa shape index (κ1) is 12.9. The van der Waals surface area contributed by atoms with Crippen molar-refractivity contribution in [3.63, 3.8) is 0 Å². The van der Waals surface area contributed by atoms with Crippen molar-refractivity contribution in [1.82, 2.24) is 9.55 Å². The van der Waals surface area contributed by atoms with E-state index in [9.17, 15) is 14.4 Å². The van der Waals surface area contributed by atoms with Gasteiger partial charge in [-0.25, -0.2) is 4.79 Å². The normalized spacial score (nSPS) is 10.9. The summed E-state index contributed by atoms with van der Waals surface area (Å²) in [7, 11) is 0. The zero-order valence-corrected chi connectivity index (χ0v) is 10.7. The Hall–Kier alpha value is -3.09. The maximum Gasteiger partial charge on any atom is 0.335 e. The zero-order chi connectivity index (χ0) is 15.0. The number of hydrogen-bond donors (Lipinski definition) is 2. The molecule has 0 aliphatic rings. The highest BCUT2D eigenvalue weighted by Crippen LogP contribution is 2.13. The fourth-order valence-corrected chi connectivity index (χ4v) is 2.12. The number of carbonyl (C=O) groups is 1. The molecule has 7 heteroatoms. The van der Waals surface area contributed by atoms with Gasteiger partial charge < -0.3 is 14.5 Å². The van der Waals surface area contributed by atoms with Crippen LogP contribution < -0.4 is 11.1 Å². The van der Waals surface area contributed by atoms with E-state index in [0.29, 0.717) is 16.6 Å². The van der Waals surface area contributed by atoms with Gasteiger partial charge in [-0.2, -0.15) is 0 Å². The highest BCUT2D eigenvalue weighted by atomic mass is 16.4. The number of carboxylic acid groups (broad SMARTS) is 1. The molecule has 1 aromatic carbocycles. The SMILES string of the molecule is O=C(O)c1ccc2[nH]c(=O)c(=O)n(Cc3ccoc3)c2c1. The molecule has 0 atom stereocenters. The minimum atomic E-state index is -1.11. The third-order valence-corrected chi connectivity index (χ3v) is 3.14. The summed E-state index contributed by atoms with van der Waals surface area (Å²) in [6, 6.07) is 5.86. The molecule has 0 aliphatic carbocycles. The largest absolute Gasteiger partial charge is 0.478 e. The second-order valence-electron chi connectivity index (χ2n) is 4.51.